The van der Waals surface area contributed by atoms with Gasteiger partial charge >= 0.3 is 0 Å². The van der Waals surface area contributed by atoms with Crippen LogP contribution in [0.25, 0.3) is 0 Å². The highest BCUT2D eigenvalue weighted by Crippen LogP contribution is 2.06. The minimum Gasteiger partial charge on any atom is -0.382 e. The van der Waals surface area contributed by atoms with Gasteiger partial charge in [0.2, 0.25) is 0 Å². The summed E-state index contributed by atoms with van der Waals surface area (Å²) >= 11 is 0. The summed E-state index contributed by atoms with van der Waals surface area (Å²) in [6.07, 6.45) is 1.22. The van der Waals surface area contributed by atoms with Crippen LogP contribution in [0.4, 0.5) is 5.82 Å². The van der Waals surface area contributed by atoms with E-state index in [2.05, 4.69) is 36.0 Å². The molecule has 0 bridgehead atoms. The van der Waals surface area contributed by atoms with Crippen molar-refractivity contribution in [2.24, 2.45) is 5.92 Å². The maximum atomic E-state index is 5.52. The molecule has 4 heteroatoms. The van der Waals surface area contributed by atoms with E-state index in [9.17, 15) is 0 Å². The molecule has 0 aliphatic carbocycles. The molecular formula is C10H20N4. The zero-order valence-corrected chi connectivity index (χ0v) is 9.25. The monoisotopic (exact) mass is 196 g/mol. The second kappa shape index (κ2) is 5.00. The first-order valence-electron chi connectivity index (χ1n) is 5.06. The van der Waals surface area contributed by atoms with Gasteiger partial charge in [-0.3, -0.25) is 5.10 Å². The summed E-state index contributed by atoms with van der Waals surface area (Å²) in [5.41, 5.74) is 6.59. The molecule has 0 aliphatic rings. The molecule has 0 aliphatic heterocycles. The fraction of sp³-hybridized carbons (Fsp3) is 0.700. The lowest BCUT2D eigenvalue weighted by molar-refractivity contribution is 0.300. The maximum absolute atomic E-state index is 5.52. The van der Waals surface area contributed by atoms with Crippen LogP contribution in [0, 0.1) is 5.92 Å². The number of nitrogens with two attached hydrogens (primary N) is 1. The number of hydrogen-bond donors (Lipinski definition) is 2. The minimum absolute atomic E-state index is 0.567. The van der Waals surface area contributed by atoms with Gasteiger partial charge in [0.15, 0.2) is 0 Å². The summed E-state index contributed by atoms with van der Waals surface area (Å²) < 4.78 is 0. The fourth-order valence-corrected chi connectivity index (χ4v) is 1.31. The van der Waals surface area contributed by atoms with Crippen LogP contribution >= 0.6 is 0 Å². The summed E-state index contributed by atoms with van der Waals surface area (Å²) in [5, 5.41) is 6.80. The normalized spacial score (nSPS) is 11.5. The van der Waals surface area contributed by atoms with Crippen LogP contribution < -0.4 is 5.73 Å². The van der Waals surface area contributed by atoms with Crippen LogP contribution in [-0.2, 0) is 6.54 Å². The van der Waals surface area contributed by atoms with E-state index in [4.69, 9.17) is 5.73 Å². The second-order valence-electron chi connectivity index (χ2n) is 4.24. The van der Waals surface area contributed by atoms with E-state index >= 15 is 0 Å². The number of rotatable bonds is 5. The number of aromatic amines is 1. The number of H-pyrrole nitrogens is 1. The van der Waals surface area contributed by atoms with Gasteiger partial charge in [0.25, 0.3) is 0 Å². The Kier molecular flexibility index (Phi) is 3.95. The van der Waals surface area contributed by atoms with E-state index in [1.165, 1.54) is 6.42 Å². The fourth-order valence-electron chi connectivity index (χ4n) is 1.31. The van der Waals surface area contributed by atoms with E-state index in [1.54, 1.807) is 0 Å². The lowest BCUT2D eigenvalue weighted by atomic mass is 10.1. The SMILES string of the molecule is CC(C)CCN(C)Cc1cc(N)n[nH]1. The standard InChI is InChI=1S/C10H20N4/c1-8(2)4-5-14(3)7-9-6-10(11)13-12-9/h6,8H,4-5,7H2,1-3H3,(H3,11,12,13). The molecule has 0 atom stereocenters. The smallest absolute Gasteiger partial charge is 0.145 e. The Labute approximate surface area is 85.5 Å². The molecule has 14 heavy (non-hydrogen) atoms. The predicted octanol–water partition coefficient (Wildman–Crippen LogP) is 1.47. The molecule has 0 fully saturated rings. The van der Waals surface area contributed by atoms with Crippen molar-refractivity contribution in [3.63, 3.8) is 0 Å². The van der Waals surface area contributed by atoms with Gasteiger partial charge in [0.1, 0.15) is 5.82 Å². The highest BCUT2D eigenvalue weighted by atomic mass is 15.2. The Morgan fingerprint density at radius 2 is 2.29 bits per heavy atom. The quantitative estimate of drug-likeness (QED) is 0.749. The van der Waals surface area contributed by atoms with E-state index in [1.807, 2.05) is 6.07 Å². The molecule has 1 rings (SSSR count). The molecule has 0 saturated carbocycles. The van der Waals surface area contributed by atoms with Crippen molar-refractivity contribution >= 4 is 5.82 Å². The van der Waals surface area contributed by atoms with Crippen LogP contribution in [0.2, 0.25) is 0 Å². The third-order valence-electron chi connectivity index (χ3n) is 2.18. The van der Waals surface area contributed by atoms with Gasteiger partial charge in [0, 0.05) is 12.6 Å². The number of nitrogen functional groups attached to an aromatic ring is 1. The molecule has 0 spiro atoms. The summed E-state index contributed by atoms with van der Waals surface area (Å²) in [4.78, 5) is 2.27. The molecule has 0 aromatic carbocycles. The van der Waals surface area contributed by atoms with Gasteiger partial charge in [0.05, 0.1) is 5.69 Å². The van der Waals surface area contributed by atoms with E-state index in [0.717, 1.165) is 24.7 Å². The van der Waals surface area contributed by atoms with Gasteiger partial charge in [-0.25, -0.2) is 0 Å². The highest BCUT2D eigenvalue weighted by Gasteiger charge is 2.03. The van der Waals surface area contributed by atoms with Crippen molar-refractivity contribution in [1.29, 1.82) is 0 Å². The topological polar surface area (TPSA) is 57.9 Å². The largest absolute Gasteiger partial charge is 0.382 e. The van der Waals surface area contributed by atoms with Crippen LogP contribution in [0.3, 0.4) is 0 Å². The number of nitrogens with zero attached hydrogens (tertiary/aromatic N) is 2. The number of nitrogens with one attached hydrogen (secondary N) is 1. The summed E-state index contributed by atoms with van der Waals surface area (Å²) in [7, 11) is 2.11. The molecule has 3 N–H and O–H groups in total. The van der Waals surface area contributed by atoms with Crippen LogP contribution in [-0.4, -0.2) is 28.7 Å². The first-order valence-corrected chi connectivity index (χ1v) is 5.06. The van der Waals surface area contributed by atoms with Crippen molar-refractivity contribution in [2.75, 3.05) is 19.3 Å². The molecule has 1 aromatic heterocycles. The van der Waals surface area contributed by atoms with Gasteiger partial charge in [-0.1, -0.05) is 13.8 Å². The number of anilines is 1. The number of hydrogen-bond acceptors (Lipinski definition) is 3. The lowest BCUT2D eigenvalue weighted by Crippen LogP contribution is -2.20. The van der Waals surface area contributed by atoms with Crippen LogP contribution in [0.5, 0.6) is 0 Å². The number of aromatic nitrogens is 2. The molecule has 0 amide bonds. The van der Waals surface area contributed by atoms with E-state index < -0.39 is 0 Å². The Morgan fingerprint density at radius 1 is 1.57 bits per heavy atom. The second-order valence-corrected chi connectivity index (χ2v) is 4.24. The summed E-state index contributed by atoms with van der Waals surface area (Å²) in [6.45, 7) is 6.47. The molecule has 1 heterocycles. The summed E-state index contributed by atoms with van der Waals surface area (Å²) in [6, 6.07) is 1.88. The van der Waals surface area contributed by atoms with E-state index in [-0.39, 0.29) is 0 Å². The van der Waals surface area contributed by atoms with Gasteiger partial charge in [-0.2, -0.15) is 5.10 Å². The Balaban J connectivity index is 2.30. The molecule has 0 unspecified atom stereocenters. The first kappa shape index (κ1) is 11.0. The van der Waals surface area contributed by atoms with Crippen LogP contribution in [0.1, 0.15) is 26.0 Å². The molecule has 1 aromatic rings. The van der Waals surface area contributed by atoms with Crippen molar-refractivity contribution < 1.29 is 0 Å². The average molecular weight is 196 g/mol. The van der Waals surface area contributed by atoms with Crippen molar-refractivity contribution in [2.45, 2.75) is 26.8 Å². The van der Waals surface area contributed by atoms with Crippen molar-refractivity contribution in [3.8, 4) is 0 Å². The van der Waals surface area contributed by atoms with E-state index in [0.29, 0.717) is 5.82 Å². The average Bonchev–Trinajstić information content (AvgIpc) is 2.48. The lowest BCUT2D eigenvalue weighted by Gasteiger charge is -2.16. The van der Waals surface area contributed by atoms with Crippen molar-refractivity contribution in [1.82, 2.24) is 15.1 Å². The van der Waals surface area contributed by atoms with Crippen molar-refractivity contribution in [3.05, 3.63) is 11.8 Å². The molecule has 4 nitrogen and oxygen atoms in total. The molecule has 0 saturated heterocycles. The molecule has 80 valence electrons. The Bertz CT molecular complexity index is 267. The molecular weight excluding hydrogens is 176 g/mol. The third kappa shape index (κ3) is 3.79. The Hall–Kier alpha value is -1.03. The zero-order chi connectivity index (χ0) is 10.6. The molecule has 0 radical (unpaired) electrons. The first-order chi connectivity index (χ1) is 6.58. The van der Waals surface area contributed by atoms with Gasteiger partial charge in [-0.15, -0.1) is 0 Å². The predicted molar refractivity (Wildman–Crippen MR) is 58.8 cm³/mol. The van der Waals surface area contributed by atoms with Gasteiger partial charge in [-0.05, 0) is 25.9 Å². The minimum atomic E-state index is 0.567. The Morgan fingerprint density at radius 3 is 2.79 bits per heavy atom. The maximum Gasteiger partial charge on any atom is 0.145 e. The van der Waals surface area contributed by atoms with Gasteiger partial charge < -0.3 is 10.6 Å². The third-order valence-corrected chi connectivity index (χ3v) is 2.18. The zero-order valence-electron chi connectivity index (χ0n) is 9.25. The van der Waals surface area contributed by atoms with Crippen LogP contribution in [0.15, 0.2) is 6.07 Å². The summed E-state index contributed by atoms with van der Waals surface area (Å²) in [5.74, 6) is 1.32. The highest BCUT2D eigenvalue weighted by molar-refractivity contribution is 5.28.